The van der Waals surface area contributed by atoms with Crippen molar-refractivity contribution in [3.05, 3.63) is 58.1 Å². The number of para-hydroxylation sites is 1. The summed E-state index contributed by atoms with van der Waals surface area (Å²) >= 11 is 5.94. The minimum Gasteiger partial charge on any atom is -0.493 e. The van der Waals surface area contributed by atoms with E-state index in [1.165, 1.54) is 5.56 Å². The molecule has 134 valence electrons. The Labute approximate surface area is 155 Å². The van der Waals surface area contributed by atoms with Gasteiger partial charge in [-0.2, -0.15) is 0 Å². The highest BCUT2D eigenvalue weighted by atomic mass is 35.5. The molecule has 25 heavy (non-hydrogen) atoms. The van der Waals surface area contributed by atoms with Crippen LogP contribution in [0.1, 0.15) is 49.3 Å². The summed E-state index contributed by atoms with van der Waals surface area (Å²) in [5, 5.41) is 3.76. The molecule has 1 amide bonds. The first-order valence-electron chi connectivity index (χ1n) is 8.66. The molecule has 0 unspecified atom stereocenters. The molecular weight excluding hydrogens is 334 g/mol. The number of anilines is 1. The van der Waals surface area contributed by atoms with Gasteiger partial charge in [-0.05, 0) is 61.1 Å². The number of hydrogen-bond donors (Lipinski definition) is 1. The molecule has 0 spiro atoms. The van der Waals surface area contributed by atoms with Crippen LogP contribution < -0.4 is 10.1 Å². The van der Waals surface area contributed by atoms with Crippen molar-refractivity contribution in [2.75, 3.05) is 11.9 Å². The first kappa shape index (κ1) is 19.3. The Bertz CT molecular complexity index is 741. The van der Waals surface area contributed by atoms with E-state index in [-0.39, 0.29) is 5.91 Å². The number of carbonyl (C=O) groups is 1. The van der Waals surface area contributed by atoms with Gasteiger partial charge in [-0.25, -0.2) is 0 Å². The van der Waals surface area contributed by atoms with Crippen molar-refractivity contribution in [2.24, 2.45) is 0 Å². The molecule has 0 saturated carbocycles. The maximum Gasteiger partial charge on any atom is 0.224 e. The van der Waals surface area contributed by atoms with Crippen molar-refractivity contribution in [3.8, 4) is 5.75 Å². The number of carbonyl (C=O) groups excluding carboxylic acids is 1. The zero-order chi connectivity index (χ0) is 18.4. The van der Waals surface area contributed by atoms with Crippen molar-refractivity contribution >= 4 is 23.2 Å². The largest absolute Gasteiger partial charge is 0.493 e. The second kappa shape index (κ2) is 8.91. The third-order valence-electron chi connectivity index (χ3n) is 4.13. The zero-order valence-corrected chi connectivity index (χ0v) is 16.1. The van der Waals surface area contributed by atoms with E-state index in [4.69, 9.17) is 16.3 Å². The summed E-state index contributed by atoms with van der Waals surface area (Å²) in [6.07, 6.45) is 1.09. The molecule has 0 atom stereocenters. The first-order chi connectivity index (χ1) is 11.9. The summed E-state index contributed by atoms with van der Waals surface area (Å²) < 4.78 is 5.74. The third-order valence-corrected chi connectivity index (χ3v) is 4.37. The van der Waals surface area contributed by atoms with Crippen LogP contribution in [0.25, 0.3) is 0 Å². The predicted molar refractivity (Wildman–Crippen MR) is 105 cm³/mol. The minimum atomic E-state index is 0.0210. The quantitative estimate of drug-likeness (QED) is 0.627. The summed E-state index contributed by atoms with van der Waals surface area (Å²) in [6.45, 7) is 8.74. The zero-order valence-electron chi connectivity index (χ0n) is 15.4. The number of aryl methyl sites for hydroxylation is 2. The van der Waals surface area contributed by atoms with E-state index < -0.39 is 0 Å². The molecule has 0 aliphatic carbocycles. The lowest BCUT2D eigenvalue weighted by Gasteiger charge is -2.16. The fraction of sp³-hybridized carbons (Fsp3) is 0.381. The summed E-state index contributed by atoms with van der Waals surface area (Å²) in [5.41, 5.74) is 4.20. The molecule has 0 radical (unpaired) electrons. The minimum absolute atomic E-state index is 0.0210. The lowest BCUT2D eigenvalue weighted by molar-refractivity contribution is -0.116. The van der Waals surface area contributed by atoms with Gasteiger partial charge >= 0.3 is 0 Å². The van der Waals surface area contributed by atoms with Gasteiger partial charge in [-0.1, -0.05) is 43.6 Å². The van der Waals surface area contributed by atoms with Crippen LogP contribution in [0.15, 0.2) is 36.4 Å². The van der Waals surface area contributed by atoms with Crippen LogP contribution in [-0.4, -0.2) is 12.5 Å². The summed E-state index contributed by atoms with van der Waals surface area (Å²) in [7, 11) is 0. The van der Waals surface area contributed by atoms with Crippen molar-refractivity contribution < 1.29 is 9.53 Å². The Morgan fingerprint density at radius 3 is 2.60 bits per heavy atom. The van der Waals surface area contributed by atoms with Gasteiger partial charge in [0, 0.05) is 17.1 Å². The fourth-order valence-electron chi connectivity index (χ4n) is 2.73. The Morgan fingerprint density at radius 2 is 1.92 bits per heavy atom. The molecule has 3 nitrogen and oxygen atoms in total. The molecule has 4 heteroatoms. The van der Waals surface area contributed by atoms with E-state index in [2.05, 4.69) is 25.2 Å². The molecule has 0 aromatic heterocycles. The Kier molecular flexibility index (Phi) is 6.89. The van der Waals surface area contributed by atoms with Crippen molar-refractivity contribution in [3.63, 3.8) is 0 Å². The van der Waals surface area contributed by atoms with Crippen LogP contribution in [0, 0.1) is 13.8 Å². The lowest BCUT2D eigenvalue weighted by atomic mass is 9.98. The standard InChI is InChI=1S/C21H26ClNO2/c1-14(2)18-8-5-7-15(3)21(18)23-20(24)9-6-12-25-19-11-10-17(22)13-16(19)4/h5,7-8,10-11,13-14H,6,9,12H2,1-4H3,(H,23,24). The smallest absolute Gasteiger partial charge is 0.224 e. The van der Waals surface area contributed by atoms with Gasteiger partial charge in [0.05, 0.1) is 6.61 Å². The molecule has 1 N–H and O–H groups in total. The van der Waals surface area contributed by atoms with Gasteiger partial charge in [-0.15, -0.1) is 0 Å². The van der Waals surface area contributed by atoms with E-state index in [9.17, 15) is 4.79 Å². The first-order valence-corrected chi connectivity index (χ1v) is 9.04. The topological polar surface area (TPSA) is 38.3 Å². The number of benzene rings is 2. The second-order valence-electron chi connectivity index (χ2n) is 6.60. The molecule has 0 fully saturated rings. The fourth-order valence-corrected chi connectivity index (χ4v) is 2.96. The molecule has 0 aliphatic heterocycles. The summed E-state index contributed by atoms with van der Waals surface area (Å²) in [6, 6.07) is 11.7. The maximum atomic E-state index is 12.3. The maximum absolute atomic E-state index is 12.3. The van der Waals surface area contributed by atoms with Crippen LogP contribution in [0.5, 0.6) is 5.75 Å². The van der Waals surface area contributed by atoms with Crippen LogP contribution in [-0.2, 0) is 4.79 Å². The number of ether oxygens (including phenoxy) is 1. The highest BCUT2D eigenvalue weighted by Gasteiger charge is 2.12. The monoisotopic (exact) mass is 359 g/mol. The van der Waals surface area contributed by atoms with Crippen molar-refractivity contribution in [1.29, 1.82) is 0 Å². The molecule has 0 bridgehead atoms. The summed E-state index contributed by atoms with van der Waals surface area (Å²) in [5.74, 6) is 1.20. The Balaban J connectivity index is 1.85. The van der Waals surface area contributed by atoms with Gasteiger partial charge in [-0.3, -0.25) is 4.79 Å². The predicted octanol–water partition coefficient (Wildman–Crippen LogP) is 5.88. The highest BCUT2D eigenvalue weighted by molar-refractivity contribution is 6.30. The van der Waals surface area contributed by atoms with Gasteiger partial charge in [0.1, 0.15) is 5.75 Å². The SMILES string of the molecule is Cc1cc(Cl)ccc1OCCCC(=O)Nc1c(C)cccc1C(C)C. The van der Waals surface area contributed by atoms with Crippen LogP contribution >= 0.6 is 11.6 Å². The van der Waals surface area contributed by atoms with E-state index in [1.54, 1.807) is 0 Å². The molecule has 2 aromatic carbocycles. The van der Waals surface area contributed by atoms with Gasteiger partial charge in [0.15, 0.2) is 0 Å². The molecule has 0 saturated heterocycles. The summed E-state index contributed by atoms with van der Waals surface area (Å²) in [4.78, 5) is 12.3. The van der Waals surface area contributed by atoms with Crippen molar-refractivity contribution in [1.82, 2.24) is 0 Å². The normalized spacial score (nSPS) is 10.8. The molecule has 2 aromatic rings. The van der Waals surface area contributed by atoms with Gasteiger partial charge < -0.3 is 10.1 Å². The average Bonchev–Trinajstić information content (AvgIpc) is 2.55. The van der Waals surface area contributed by atoms with E-state index in [0.717, 1.165) is 22.6 Å². The average molecular weight is 360 g/mol. The molecular formula is C21H26ClNO2. The Morgan fingerprint density at radius 1 is 1.16 bits per heavy atom. The number of halogens is 1. The molecule has 0 aliphatic rings. The van der Waals surface area contributed by atoms with Crippen LogP contribution in [0.4, 0.5) is 5.69 Å². The molecule has 0 heterocycles. The highest BCUT2D eigenvalue weighted by Crippen LogP contribution is 2.27. The number of rotatable bonds is 7. The van der Waals surface area contributed by atoms with Crippen LogP contribution in [0.3, 0.4) is 0 Å². The third kappa shape index (κ3) is 5.50. The molecule has 2 rings (SSSR count). The Hall–Kier alpha value is -2.00. The van der Waals surface area contributed by atoms with Crippen LogP contribution in [0.2, 0.25) is 5.02 Å². The second-order valence-corrected chi connectivity index (χ2v) is 7.04. The van der Waals surface area contributed by atoms with E-state index in [0.29, 0.717) is 30.4 Å². The number of amides is 1. The van der Waals surface area contributed by atoms with Gasteiger partial charge in [0.2, 0.25) is 5.91 Å². The van der Waals surface area contributed by atoms with Crippen molar-refractivity contribution in [2.45, 2.75) is 46.5 Å². The van der Waals surface area contributed by atoms with Gasteiger partial charge in [0.25, 0.3) is 0 Å². The number of hydrogen-bond acceptors (Lipinski definition) is 2. The number of nitrogens with one attached hydrogen (secondary N) is 1. The lowest BCUT2D eigenvalue weighted by Crippen LogP contribution is -2.15. The van der Waals surface area contributed by atoms with E-state index in [1.807, 2.05) is 44.2 Å². The van der Waals surface area contributed by atoms with E-state index >= 15 is 0 Å².